The standard InChI is InChI=1S/C20H25N3O3/c1-15(21-20(25)18-8-5-13-26-18)19(24)22-17-9-11-23(12-10-17)14-16-6-3-2-4-7-16/h2-8,13,15,17H,9-12,14H2,1H3,(H,21,25)(H,22,24)/t15-/m1/s1. The van der Waals surface area contributed by atoms with Gasteiger partial charge in [-0.25, -0.2) is 0 Å². The molecule has 2 amide bonds. The fourth-order valence-electron chi connectivity index (χ4n) is 3.14. The number of hydrogen-bond donors (Lipinski definition) is 2. The lowest BCUT2D eigenvalue weighted by atomic mass is 10.0. The van der Waals surface area contributed by atoms with Crippen LogP contribution in [0.15, 0.2) is 53.1 Å². The zero-order valence-electron chi connectivity index (χ0n) is 15.0. The van der Waals surface area contributed by atoms with Gasteiger partial charge in [0.1, 0.15) is 6.04 Å². The number of amides is 2. The van der Waals surface area contributed by atoms with Crippen LogP contribution in [0.5, 0.6) is 0 Å². The third kappa shape index (κ3) is 4.95. The van der Waals surface area contributed by atoms with Crippen molar-refractivity contribution in [1.82, 2.24) is 15.5 Å². The van der Waals surface area contributed by atoms with Crippen molar-refractivity contribution in [1.29, 1.82) is 0 Å². The van der Waals surface area contributed by atoms with Crippen LogP contribution < -0.4 is 10.6 Å². The molecule has 26 heavy (non-hydrogen) atoms. The van der Waals surface area contributed by atoms with E-state index in [9.17, 15) is 9.59 Å². The third-order valence-electron chi connectivity index (χ3n) is 4.67. The van der Waals surface area contributed by atoms with Crippen LogP contribution in [0.25, 0.3) is 0 Å². The molecule has 0 spiro atoms. The molecule has 1 atom stereocenters. The predicted octanol–water partition coefficient (Wildman–Crippen LogP) is 2.18. The van der Waals surface area contributed by atoms with Gasteiger partial charge in [-0.3, -0.25) is 14.5 Å². The number of carbonyl (C=O) groups excluding carboxylic acids is 2. The van der Waals surface area contributed by atoms with Gasteiger partial charge in [-0.05, 0) is 37.5 Å². The Bertz CT molecular complexity index is 707. The lowest BCUT2D eigenvalue weighted by molar-refractivity contribution is -0.123. The molecular formula is C20H25N3O3. The van der Waals surface area contributed by atoms with Crippen molar-refractivity contribution in [3.8, 4) is 0 Å². The van der Waals surface area contributed by atoms with Crippen molar-refractivity contribution >= 4 is 11.8 Å². The molecule has 1 aromatic carbocycles. The summed E-state index contributed by atoms with van der Waals surface area (Å²) < 4.78 is 5.04. The monoisotopic (exact) mass is 355 g/mol. The smallest absolute Gasteiger partial charge is 0.287 e. The molecule has 138 valence electrons. The molecule has 1 aliphatic heterocycles. The molecule has 0 saturated carbocycles. The van der Waals surface area contributed by atoms with Crippen LogP contribution in [-0.2, 0) is 11.3 Å². The van der Waals surface area contributed by atoms with Gasteiger partial charge in [-0.1, -0.05) is 30.3 Å². The molecule has 2 aromatic rings. The molecule has 0 aliphatic carbocycles. The van der Waals surface area contributed by atoms with E-state index in [1.54, 1.807) is 19.1 Å². The Morgan fingerprint density at radius 1 is 1.15 bits per heavy atom. The quantitative estimate of drug-likeness (QED) is 0.833. The van der Waals surface area contributed by atoms with Gasteiger partial charge in [0.05, 0.1) is 6.26 Å². The molecule has 6 heteroatoms. The molecule has 3 rings (SSSR count). The summed E-state index contributed by atoms with van der Waals surface area (Å²) in [6, 6.07) is 13.2. The highest BCUT2D eigenvalue weighted by atomic mass is 16.3. The van der Waals surface area contributed by atoms with Crippen LogP contribution in [0.3, 0.4) is 0 Å². The summed E-state index contributed by atoms with van der Waals surface area (Å²) in [5, 5.41) is 5.70. The summed E-state index contributed by atoms with van der Waals surface area (Å²) >= 11 is 0. The van der Waals surface area contributed by atoms with Gasteiger partial charge in [-0.15, -0.1) is 0 Å². The highest BCUT2D eigenvalue weighted by molar-refractivity contribution is 5.95. The molecule has 1 saturated heterocycles. The number of benzene rings is 1. The van der Waals surface area contributed by atoms with E-state index >= 15 is 0 Å². The van der Waals surface area contributed by atoms with Crippen molar-refractivity contribution in [2.75, 3.05) is 13.1 Å². The number of likely N-dealkylation sites (tertiary alicyclic amines) is 1. The van der Waals surface area contributed by atoms with E-state index in [-0.39, 0.29) is 23.6 Å². The third-order valence-corrected chi connectivity index (χ3v) is 4.67. The Morgan fingerprint density at radius 3 is 2.54 bits per heavy atom. The molecule has 2 N–H and O–H groups in total. The van der Waals surface area contributed by atoms with Crippen LogP contribution in [0, 0.1) is 0 Å². The van der Waals surface area contributed by atoms with Crippen molar-refractivity contribution in [3.63, 3.8) is 0 Å². The Morgan fingerprint density at radius 2 is 1.88 bits per heavy atom. The number of hydrogen-bond acceptors (Lipinski definition) is 4. The summed E-state index contributed by atoms with van der Waals surface area (Å²) in [5.41, 5.74) is 1.31. The number of nitrogens with zero attached hydrogens (tertiary/aromatic N) is 1. The van der Waals surface area contributed by atoms with Crippen LogP contribution >= 0.6 is 0 Å². The molecular weight excluding hydrogens is 330 g/mol. The Hall–Kier alpha value is -2.60. The number of furan rings is 1. The van der Waals surface area contributed by atoms with Crippen LogP contribution in [0.2, 0.25) is 0 Å². The second-order valence-electron chi connectivity index (χ2n) is 6.72. The second-order valence-corrected chi connectivity index (χ2v) is 6.72. The lowest BCUT2D eigenvalue weighted by Crippen LogP contribution is -2.50. The summed E-state index contributed by atoms with van der Waals surface area (Å²) in [7, 11) is 0. The molecule has 1 fully saturated rings. The maximum absolute atomic E-state index is 12.3. The first kappa shape index (κ1) is 18.2. The SMILES string of the molecule is C[C@@H](NC(=O)c1ccco1)C(=O)NC1CCN(Cc2ccccc2)CC1. The van der Waals surface area contributed by atoms with E-state index in [1.807, 2.05) is 6.07 Å². The van der Waals surface area contributed by atoms with Crippen molar-refractivity contribution in [2.24, 2.45) is 0 Å². The van der Waals surface area contributed by atoms with E-state index in [4.69, 9.17) is 4.42 Å². The topological polar surface area (TPSA) is 74.6 Å². The molecule has 2 heterocycles. The summed E-state index contributed by atoms with van der Waals surface area (Å²) in [6.45, 7) is 4.53. The summed E-state index contributed by atoms with van der Waals surface area (Å²) in [6.07, 6.45) is 3.26. The Labute approximate surface area is 153 Å². The Kier molecular flexibility index (Phi) is 6.07. The number of piperidine rings is 1. The first-order valence-corrected chi connectivity index (χ1v) is 9.03. The molecule has 1 aromatic heterocycles. The first-order valence-electron chi connectivity index (χ1n) is 9.03. The summed E-state index contributed by atoms with van der Waals surface area (Å²) in [5.74, 6) is -0.333. The van der Waals surface area contributed by atoms with Gasteiger partial charge in [0, 0.05) is 25.7 Å². The molecule has 0 bridgehead atoms. The normalized spacial score (nSPS) is 16.8. The minimum atomic E-state index is -0.602. The van der Waals surface area contributed by atoms with Crippen LogP contribution in [0.4, 0.5) is 0 Å². The molecule has 0 unspecified atom stereocenters. The largest absolute Gasteiger partial charge is 0.459 e. The summed E-state index contributed by atoms with van der Waals surface area (Å²) in [4.78, 5) is 26.7. The maximum atomic E-state index is 12.3. The van der Waals surface area contributed by atoms with Gasteiger partial charge in [0.15, 0.2) is 5.76 Å². The highest BCUT2D eigenvalue weighted by Gasteiger charge is 2.24. The van der Waals surface area contributed by atoms with Gasteiger partial charge in [0.25, 0.3) is 5.91 Å². The highest BCUT2D eigenvalue weighted by Crippen LogP contribution is 2.14. The zero-order valence-corrected chi connectivity index (χ0v) is 15.0. The first-order chi connectivity index (χ1) is 12.6. The van der Waals surface area contributed by atoms with Crippen LogP contribution in [0.1, 0.15) is 35.9 Å². The van der Waals surface area contributed by atoms with Crippen molar-refractivity contribution in [3.05, 3.63) is 60.1 Å². The lowest BCUT2D eigenvalue weighted by Gasteiger charge is -2.32. The van der Waals surface area contributed by atoms with E-state index in [1.165, 1.54) is 11.8 Å². The predicted molar refractivity (Wildman–Crippen MR) is 98.5 cm³/mol. The fraction of sp³-hybridized carbons (Fsp3) is 0.400. The van der Waals surface area contributed by atoms with Gasteiger partial charge < -0.3 is 15.1 Å². The van der Waals surface area contributed by atoms with Gasteiger partial charge >= 0.3 is 0 Å². The van der Waals surface area contributed by atoms with Crippen molar-refractivity contribution in [2.45, 2.75) is 38.4 Å². The molecule has 1 aliphatic rings. The van der Waals surface area contributed by atoms with E-state index in [2.05, 4.69) is 39.8 Å². The number of nitrogens with one attached hydrogen (secondary N) is 2. The van der Waals surface area contributed by atoms with Crippen molar-refractivity contribution < 1.29 is 14.0 Å². The molecule has 6 nitrogen and oxygen atoms in total. The van der Waals surface area contributed by atoms with E-state index in [0.717, 1.165) is 32.5 Å². The second kappa shape index (κ2) is 8.67. The minimum absolute atomic E-state index is 0.150. The minimum Gasteiger partial charge on any atom is -0.459 e. The van der Waals surface area contributed by atoms with Gasteiger partial charge in [-0.2, -0.15) is 0 Å². The van der Waals surface area contributed by atoms with Crippen LogP contribution in [-0.4, -0.2) is 41.9 Å². The molecule has 0 radical (unpaired) electrons. The Balaban J connectivity index is 1.40. The maximum Gasteiger partial charge on any atom is 0.287 e. The van der Waals surface area contributed by atoms with Gasteiger partial charge in [0.2, 0.25) is 5.91 Å². The average Bonchev–Trinajstić information content (AvgIpc) is 3.19. The fourth-order valence-corrected chi connectivity index (χ4v) is 3.14. The average molecular weight is 355 g/mol. The number of rotatable bonds is 6. The van der Waals surface area contributed by atoms with E-state index in [0.29, 0.717) is 0 Å². The zero-order chi connectivity index (χ0) is 18.4. The number of carbonyl (C=O) groups is 2. The van der Waals surface area contributed by atoms with E-state index < -0.39 is 6.04 Å².